The SMILES string of the molecule is CC[C@@H]1C[C@]1(NC(=O)[C@@H]1C[C@@H](Oc2cc(-c3csc(NC(C)C)n3)nc3c(Cl)c(OC)ccc23)CN1C(=O)[C@@H](NC(=O)OC1C[C@@H]2[C@H](C1)C2(F)F)C(C)(C)C)C(=O)O. The Morgan fingerprint density at radius 1 is 1.07 bits per heavy atom. The second-order valence-electron chi connectivity index (χ2n) is 17.2. The lowest BCUT2D eigenvalue weighted by molar-refractivity contribution is -0.146. The Kier molecular flexibility index (Phi) is 11.0. The van der Waals surface area contributed by atoms with E-state index in [0.29, 0.717) is 45.3 Å². The molecular weight excluding hydrogens is 798 g/mol. The molecule has 3 saturated carbocycles. The molecule has 7 rings (SSSR count). The number of nitrogens with one attached hydrogen (secondary N) is 3. The second kappa shape index (κ2) is 15.3. The summed E-state index contributed by atoms with van der Waals surface area (Å²) < 4.78 is 45.3. The number of halogens is 3. The van der Waals surface area contributed by atoms with Crippen LogP contribution in [0.4, 0.5) is 18.7 Å². The largest absolute Gasteiger partial charge is 0.495 e. The Bertz CT molecular complexity index is 2120. The van der Waals surface area contributed by atoms with Gasteiger partial charge in [-0.1, -0.05) is 45.7 Å². The molecule has 1 aliphatic heterocycles. The standard InChI is InChI=1S/C40H49ClF2N6O8S/c1-8-19-15-39(19,35(52)53)48-33(50)27-13-21(16-49(27)34(51)32(38(4,5)6)47-37(54)57-20-11-23-24(12-20)40(23,42)43)56-29-14-25(26-17-58-36(46-26)44-18(2)3)45-31-22(29)9-10-28(55-7)30(31)41/h9-10,14,17-21,23-24,27,32H,8,11-13,15-16H2,1-7H3,(H,44,46)(H,47,54)(H,48,50)(H,52,53)/t19-,20?,21-,23-,24+,27+,32-,39-/m1/s1. The van der Waals surface area contributed by atoms with E-state index >= 15 is 0 Å². The van der Waals surface area contributed by atoms with E-state index < -0.39 is 76.9 Å². The maximum absolute atomic E-state index is 14.7. The Labute approximate surface area is 343 Å². The highest BCUT2D eigenvalue weighted by Gasteiger charge is 2.72. The van der Waals surface area contributed by atoms with Crippen LogP contribution in [0.2, 0.25) is 5.02 Å². The maximum Gasteiger partial charge on any atom is 0.408 e. The number of anilines is 1. The van der Waals surface area contributed by atoms with E-state index in [0.717, 1.165) is 0 Å². The van der Waals surface area contributed by atoms with Crippen molar-refractivity contribution in [1.29, 1.82) is 0 Å². The van der Waals surface area contributed by atoms with Crippen molar-refractivity contribution < 1.29 is 47.3 Å². The van der Waals surface area contributed by atoms with Gasteiger partial charge in [0.05, 0.1) is 24.9 Å². The summed E-state index contributed by atoms with van der Waals surface area (Å²) in [6.45, 7) is 10.9. The van der Waals surface area contributed by atoms with E-state index in [-0.39, 0.29) is 49.2 Å². The number of alkyl halides is 2. The molecule has 3 amide bonds. The number of thiazole rings is 1. The van der Waals surface area contributed by atoms with Crippen molar-refractivity contribution in [2.75, 3.05) is 19.0 Å². The first kappa shape index (κ1) is 41.6. The number of nitrogens with zero attached hydrogens (tertiary/aromatic N) is 3. The summed E-state index contributed by atoms with van der Waals surface area (Å²) in [7, 11) is 1.49. The number of ether oxygens (including phenoxy) is 3. The van der Waals surface area contributed by atoms with Gasteiger partial charge >= 0.3 is 12.1 Å². The third kappa shape index (κ3) is 7.83. The zero-order valence-electron chi connectivity index (χ0n) is 33.4. The predicted octanol–water partition coefficient (Wildman–Crippen LogP) is 6.74. The van der Waals surface area contributed by atoms with Gasteiger partial charge < -0.3 is 40.2 Å². The molecule has 0 spiro atoms. The molecule has 4 fully saturated rings. The molecule has 0 radical (unpaired) electrons. The lowest BCUT2D eigenvalue weighted by atomic mass is 9.85. The summed E-state index contributed by atoms with van der Waals surface area (Å²) in [5.74, 6) is -6.36. The van der Waals surface area contributed by atoms with Crippen molar-refractivity contribution in [2.45, 2.75) is 115 Å². The number of pyridine rings is 1. The fourth-order valence-electron chi connectivity index (χ4n) is 8.43. The predicted molar refractivity (Wildman–Crippen MR) is 212 cm³/mol. The number of likely N-dealkylation sites (tertiary alicyclic amines) is 1. The third-order valence-corrected chi connectivity index (χ3v) is 12.9. The van der Waals surface area contributed by atoms with Crippen molar-refractivity contribution in [2.24, 2.45) is 23.2 Å². The summed E-state index contributed by atoms with van der Waals surface area (Å²) in [6, 6.07) is 2.88. The van der Waals surface area contributed by atoms with E-state index in [1.54, 1.807) is 39.0 Å². The van der Waals surface area contributed by atoms with Crippen LogP contribution in [-0.4, -0.2) is 99.3 Å². The molecule has 18 heteroatoms. The van der Waals surface area contributed by atoms with Crippen LogP contribution in [0.5, 0.6) is 11.5 Å². The van der Waals surface area contributed by atoms with Gasteiger partial charge in [0.1, 0.15) is 52.0 Å². The molecule has 58 heavy (non-hydrogen) atoms. The van der Waals surface area contributed by atoms with Gasteiger partial charge in [-0.2, -0.15) is 0 Å². The minimum Gasteiger partial charge on any atom is -0.495 e. The first-order valence-electron chi connectivity index (χ1n) is 19.5. The maximum atomic E-state index is 14.7. The summed E-state index contributed by atoms with van der Waals surface area (Å²) in [5, 5.41) is 22.1. The lowest BCUT2D eigenvalue weighted by Gasteiger charge is -2.35. The molecule has 314 valence electrons. The van der Waals surface area contributed by atoms with E-state index in [9.17, 15) is 33.1 Å². The van der Waals surface area contributed by atoms with E-state index in [1.807, 2.05) is 26.2 Å². The summed E-state index contributed by atoms with van der Waals surface area (Å²) in [4.78, 5) is 65.3. The van der Waals surface area contributed by atoms with Gasteiger partial charge in [-0.25, -0.2) is 28.3 Å². The minimum atomic E-state index is -2.74. The van der Waals surface area contributed by atoms with Crippen molar-refractivity contribution in [3.63, 3.8) is 0 Å². The molecule has 3 heterocycles. The average Bonchev–Trinajstić information content (AvgIpc) is 3.58. The molecule has 8 atom stereocenters. The normalized spacial score (nSPS) is 27.5. The second-order valence-corrected chi connectivity index (χ2v) is 18.4. The smallest absolute Gasteiger partial charge is 0.408 e. The zero-order valence-corrected chi connectivity index (χ0v) is 34.9. The number of alkyl carbamates (subject to hydrolysis) is 1. The molecule has 14 nitrogen and oxygen atoms in total. The Hall–Kier alpha value is -4.51. The number of carboxylic acid groups (broad SMARTS) is 1. The average molecular weight is 847 g/mol. The Morgan fingerprint density at radius 3 is 2.38 bits per heavy atom. The fraction of sp³-hybridized carbons (Fsp3) is 0.600. The summed E-state index contributed by atoms with van der Waals surface area (Å²) in [5.41, 5.74) is -0.987. The van der Waals surface area contributed by atoms with Crippen LogP contribution in [0.15, 0.2) is 23.6 Å². The van der Waals surface area contributed by atoms with Gasteiger partial charge in [-0.3, -0.25) is 9.59 Å². The fourth-order valence-corrected chi connectivity index (χ4v) is 9.56. The number of aliphatic carboxylic acids is 1. The number of benzene rings is 1. The van der Waals surface area contributed by atoms with Crippen molar-refractivity contribution in [1.82, 2.24) is 25.5 Å². The molecule has 3 aromatic rings. The van der Waals surface area contributed by atoms with Crippen molar-refractivity contribution >= 4 is 62.8 Å². The highest BCUT2D eigenvalue weighted by Crippen LogP contribution is 2.64. The number of carbonyl (C=O) groups is 4. The monoisotopic (exact) mass is 846 g/mol. The lowest BCUT2D eigenvalue weighted by Crippen LogP contribution is -2.59. The van der Waals surface area contributed by atoms with E-state index in [4.69, 9.17) is 35.8 Å². The van der Waals surface area contributed by atoms with Crippen LogP contribution in [0, 0.1) is 23.2 Å². The van der Waals surface area contributed by atoms with Gasteiger partial charge in [0.2, 0.25) is 11.8 Å². The topological polar surface area (TPSA) is 181 Å². The van der Waals surface area contributed by atoms with Crippen molar-refractivity contribution in [3.8, 4) is 22.9 Å². The van der Waals surface area contributed by atoms with Crippen LogP contribution in [0.3, 0.4) is 0 Å². The van der Waals surface area contributed by atoms with E-state index in [1.165, 1.54) is 23.3 Å². The van der Waals surface area contributed by atoms with Crippen LogP contribution >= 0.6 is 22.9 Å². The van der Waals surface area contributed by atoms with Crippen LogP contribution < -0.4 is 25.4 Å². The first-order valence-corrected chi connectivity index (χ1v) is 20.8. The van der Waals surface area contributed by atoms with Crippen LogP contribution in [0.25, 0.3) is 22.3 Å². The van der Waals surface area contributed by atoms with Crippen LogP contribution in [0.1, 0.15) is 73.6 Å². The minimum absolute atomic E-state index is 0.0212. The molecule has 2 aromatic heterocycles. The number of rotatable bonds is 13. The number of carboxylic acids is 1. The molecule has 1 aromatic carbocycles. The molecule has 0 bridgehead atoms. The molecule has 4 N–H and O–H groups in total. The number of hydrogen-bond donors (Lipinski definition) is 4. The molecule has 1 saturated heterocycles. The Balaban J connectivity index is 1.19. The van der Waals surface area contributed by atoms with Crippen LogP contribution in [-0.2, 0) is 19.1 Å². The highest BCUT2D eigenvalue weighted by molar-refractivity contribution is 7.14. The number of aromatic nitrogens is 2. The third-order valence-electron chi connectivity index (χ3n) is 11.8. The quantitative estimate of drug-likeness (QED) is 0.143. The number of methoxy groups -OCH3 is 1. The zero-order chi connectivity index (χ0) is 42.1. The highest BCUT2D eigenvalue weighted by atomic mass is 35.5. The van der Waals surface area contributed by atoms with E-state index in [2.05, 4.69) is 16.0 Å². The first-order chi connectivity index (χ1) is 27.3. The number of carbonyl (C=O) groups excluding carboxylic acids is 3. The van der Waals surface area contributed by atoms with Gasteiger partial charge in [0.25, 0.3) is 5.92 Å². The Morgan fingerprint density at radius 2 is 1.78 bits per heavy atom. The van der Waals surface area contributed by atoms with Crippen molar-refractivity contribution in [3.05, 3.63) is 28.6 Å². The molecule has 4 aliphatic rings. The van der Waals surface area contributed by atoms with Gasteiger partial charge in [0, 0.05) is 41.1 Å². The summed E-state index contributed by atoms with van der Waals surface area (Å²) in [6.07, 6.45) is -1.59. The number of fused-ring (bicyclic) bond motifs is 2. The van der Waals surface area contributed by atoms with Gasteiger partial charge in [-0.15, -0.1) is 11.3 Å². The number of amides is 3. The van der Waals surface area contributed by atoms with Gasteiger partial charge in [-0.05, 0) is 56.6 Å². The molecule has 1 unspecified atom stereocenters. The molecular formula is C40H49ClF2N6O8S. The van der Waals surface area contributed by atoms with Gasteiger partial charge in [0.15, 0.2) is 5.13 Å². The number of hydrogen-bond acceptors (Lipinski definition) is 11. The summed E-state index contributed by atoms with van der Waals surface area (Å²) >= 11 is 8.21. The molecule has 3 aliphatic carbocycles.